The molecule has 1 aliphatic heterocycles. The van der Waals surface area contributed by atoms with Crippen LogP contribution in [0.1, 0.15) is 28.4 Å². The van der Waals surface area contributed by atoms with Crippen LogP contribution in [0, 0.1) is 13.8 Å². The maximum Gasteiger partial charge on any atom is 0.320 e. The number of aryl methyl sites for hydroxylation is 2. The van der Waals surface area contributed by atoms with E-state index < -0.39 is 10.7 Å². The summed E-state index contributed by atoms with van der Waals surface area (Å²) in [5.41, 5.74) is 1.03. The summed E-state index contributed by atoms with van der Waals surface area (Å²) in [6, 6.07) is 0. The van der Waals surface area contributed by atoms with Crippen LogP contribution in [0.15, 0.2) is 0 Å². The molecule has 0 radical (unpaired) electrons. The molecule has 2 rings (SSSR count). The SMILES string of the molecule is Cc1nc(CC2(C(=O)O)CCCS2)sc1C. The molecule has 16 heavy (non-hydrogen) atoms. The number of carbonyl (C=O) groups is 1. The van der Waals surface area contributed by atoms with Gasteiger partial charge in [0.15, 0.2) is 0 Å². The molecule has 1 fully saturated rings. The first-order chi connectivity index (χ1) is 7.53. The lowest BCUT2D eigenvalue weighted by Crippen LogP contribution is -2.34. The van der Waals surface area contributed by atoms with Gasteiger partial charge in [-0.2, -0.15) is 0 Å². The second kappa shape index (κ2) is 4.37. The van der Waals surface area contributed by atoms with Gasteiger partial charge in [0.05, 0.1) is 10.7 Å². The van der Waals surface area contributed by atoms with E-state index in [1.165, 1.54) is 4.88 Å². The van der Waals surface area contributed by atoms with Crippen molar-refractivity contribution in [3.05, 3.63) is 15.6 Å². The van der Waals surface area contributed by atoms with Crippen LogP contribution in [-0.2, 0) is 11.2 Å². The maximum atomic E-state index is 11.4. The van der Waals surface area contributed by atoms with E-state index in [-0.39, 0.29) is 0 Å². The lowest BCUT2D eigenvalue weighted by Gasteiger charge is -2.21. The van der Waals surface area contributed by atoms with E-state index in [9.17, 15) is 9.90 Å². The van der Waals surface area contributed by atoms with Gasteiger partial charge in [-0.25, -0.2) is 4.98 Å². The van der Waals surface area contributed by atoms with E-state index in [0.29, 0.717) is 6.42 Å². The molecule has 0 aromatic carbocycles. The van der Waals surface area contributed by atoms with Crippen LogP contribution in [0.5, 0.6) is 0 Å². The Kier molecular flexibility index (Phi) is 3.26. The largest absolute Gasteiger partial charge is 0.480 e. The first-order valence-electron chi connectivity index (χ1n) is 5.34. The molecule has 2 heterocycles. The molecule has 3 nitrogen and oxygen atoms in total. The van der Waals surface area contributed by atoms with Gasteiger partial charge in [-0.1, -0.05) is 0 Å². The maximum absolute atomic E-state index is 11.4. The van der Waals surface area contributed by atoms with Crippen molar-refractivity contribution in [1.29, 1.82) is 0 Å². The van der Waals surface area contributed by atoms with Crippen LogP contribution in [0.25, 0.3) is 0 Å². The van der Waals surface area contributed by atoms with E-state index in [1.54, 1.807) is 23.1 Å². The number of carboxylic acid groups (broad SMARTS) is 1. The number of nitrogens with zero attached hydrogens (tertiary/aromatic N) is 1. The van der Waals surface area contributed by atoms with E-state index >= 15 is 0 Å². The molecule has 1 saturated heterocycles. The lowest BCUT2D eigenvalue weighted by molar-refractivity contribution is -0.139. The molecule has 1 N–H and O–H groups in total. The molecule has 0 bridgehead atoms. The minimum absolute atomic E-state index is 0.576. The fourth-order valence-corrected chi connectivity index (χ4v) is 4.41. The summed E-state index contributed by atoms with van der Waals surface area (Å²) < 4.78 is -0.614. The Morgan fingerprint density at radius 3 is 2.75 bits per heavy atom. The topological polar surface area (TPSA) is 50.2 Å². The number of rotatable bonds is 3. The standard InChI is InChI=1S/C11H15NO2S2/c1-7-8(2)16-9(12-7)6-11(10(13)14)4-3-5-15-11/h3-6H2,1-2H3,(H,13,14). The normalized spacial score (nSPS) is 24.9. The molecule has 0 spiro atoms. The molecule has 1 aliphatic rings. The fourth-order valence-electron chi connectivity index (χ4n) is 1.94. The van der Waals surface area contributed by atoms with Crippen LogP contribution < -0.4 is 0 Å². The minimum Gasteiger partial charge on any atom is -0.480 e. The highest BCUT2D eigenvalue weighted by Gasteiger charge is 2.43. The Morgan fingerprint density at radius 2 is 2.31 bits per heavy atom. The van der Waals surface area contributed by atoms with Crippen molar-refractivity contribution in [1.82, 2.24) is 4.98 Å². The summed E-state index contributed by atoms with van der Waals surface area (Å²) in [5.74, 6) is 0.274. The number of thiazole rings is 1. The molecule has 5 heteroatoms. The smallest absolute Gasteiger partial charge is 0.320 e. The first-order valence-corrected chi connectivity index (χ1v) is 7.14. The van der Waals surface area contributed by atoms with E-state index in [0.717, 1.165) is 29.3 Å². The van der Waals surface area contributed by atoms with Crippen molar-refractivity contribution in [2.24, 2.45) is 0 Å². The molecular formula is C11H15NO2S2. The van der Waals surface area contributed by atoms with E-state index in [2.05, 4.69) is 4.98 Å². The third kappa shape index (κ3) is 2.11. The zero-order valence-corrected chi connectivity index (χ0v) is 11.1. The van der Waals surface area contributed by atoms with Crippen LogP contribution in [0.3, 0.4) is 0 Å². The second-order valence-corrected chi connectivity index (χ2v) is 6.94. The Morgan fingerprint density at radius 1 is 1.56 bits per heavy atom. The lowest BCUT2D eigenvalue weighted by atomic mass is 10.00. The zero-order chi connectivity index (χ0) is 11.8. The summed E-state index contributed by atoms with van der Waals surface area (Å²) in [7, 11) is 0. The quantitative estimate of drug-likeness (QED) is 0.904. The molecule has 1 atom stereocenters. The molecule has 1 aromatic rings. The highest BCUT2D eigenvalue weighted by atomic mass is 32.2. The third-order valence-corrected chi connectivity index (χ3v) is 5.64. The van der Waals surface area contributed by atoms with Gasteiger partial charge in [0.2, 0.25) is 0 Å². The van der Waals surface area contributed by atoms with Crippen molar-refractivity contribution in [3.8, 4) is 0 Å². The van der Waals surface area contributed by atoms with Crippen molar-refractivity contribution >= 4 is 29.1 Å². The van der Waals surface area contributed by atoms with Crippen molar-refractivity contribution in [2.75, 3.05) is 5.75 Å². The van der Waals surface area contributed by atoms with Crippen LogP contribution in [0.2, 0.25) is 0 Å². The summed E-state index contributed by atoms with van der Waals surface area (Å²) in [6.45, 7) is 4.01. The van der Waals surface area contributed by atoms with E-state index in [4.69, 9.17) is 0 Å². The molecule has 0 amide bonds. The predicted molar refractivity (Wildman–Crippen MR) is 67.4 cm³/mol. The number of carboxylic acids is 1. The number of aromatic nitrogens is 1. The molecule has 0 saturated carbocycles. The molecule has 88 valence electrons. The van der Waals surface area contributed by atoms with Crippen molar-refractivity contribution < 1.29 is 9.90 Å². The van der Waals surface area contributed by atoms with Gasteiger partial charge < -0.3 is 5.11 Å². The molecule has 1 unspecified atom stereocenters. The average molecular weight is 257 g/mol. The summed E-state index contributed by atoms with van der Waals surface area (Å²) in [4.78, 5) is 17.0. The predicted octanol–water partition coefficient (Wildman–Crippen LogP) is 2.65. The van der Waals surface area contributed by atoms with Crippen molar-refractivity contribution in [2.45, 2.75) is 37.9 Å². The van der Waals surface area contributed by atoms with Gasteiger partial charge >= 0.3 is 5.97 Å². The molecular weight excluding hydrogens is 242 g/mol. The summed E-state index contributed by atoms with van der Waals surface area (Å²) in [5, 5.41) is 10.3. The van der Waals surface area contributed by atoms with Gasteiger partial charge in [-0.15, -0.1) is 23.1 Å². The average Bonchev–Trinajstić information content (AvgIpc) is 2.77. The van der Waals surface area contributed by atoms with Crippen molar-refractivity contribution in [3.63, 3.8) is 0 Å². The summed E-state index contributed by atoms with van der Waals surface area (Å²) >= 11 is 3.20. The van der Waals surface area contributed by atoms with Crippen LogP contribution in [-0.4, -0.2) is 26.6 Å². The highest BCUT2D eigenvalue weighted by molar-refractivity contribution is 8.01. The van der Waals surface area contributed by atoms with Gasteiger partial charge in [-0.05, 0) is 32.4 Å². The number of thioether (sulfide) groups is 1. The van der Waals surface area contributed by atoms with Crippen LogP contribution >= 0.6 is 23.1 Å². The second-order valence-electron chi connectivity index (χ2n) is 4.18. The Hall–Kier alpha value is -0.550. The first kappa shape index (κ1) is 11.9. The number of hydrogen-bond donors (Lipinski definition) is 1. The number of aliphatic carboxylic acids is 1. The third-order valence-electron chi connectivity index (χ3n) is 3.00. The van der Waals surface area contributed by atoms with Gasteiger partial charge in [0, 0.05) is 11.3 Å². The minimum atomic E-state index is -0.680. The summed E-state index contributed by atoms with van der Waals surface area (Å²) in [6.07, 6.45) is 2.34. The Labute approximate surface area is 103 Å². The Balaban J connectivity index is 2.21. The number of hydrogen-bond acceptors (Lipinski definition) is 4. The molecule has 0 aliphatic carbocycles. The van der Waals surface area contributed by atoms with Crippen LogP contribution in [0.4, 0.5) is 0 Å². The zero-order valence-electron chi connectivity index (χ0n) is 9.45. The van der Waals surface area contributed by atoms with Gasteiger partial charge in [0.1, 0.15) is 4.75 Å². The van der Waals surface area contributed by atoms with E-state index in [1.807, 2.05) is 13.8 Å². The molecule has 1 aromatic heterocycles. The monoisotopic (exact) mass is 257 g/mol. The van der Waals surface area contributed by atoms with Gasteiger partial charge in [-0.3, -0.25) is 4.79 Å². The fraction of sp³-hybridized carbons (Fsp3) is 0.636. The van der Waals surface area contributed by atoms with Gasteiger partial charge in [0.25, 0.3) is 0 Å². The highest BCUT2D eigenvalue weighted by Crippen LogP contribution is 2.41. The Bertz CT molecular complexity index is 389.